The molecule has 4 rings (SSSR count). The van der Waals surface area contributed by atoms with Crippen LogP contribution in [0.4, 0.5) is 0 Å². The highest BCUT2D eigenvalue weighted by atomic mass is 16.4. The van der Waals surface area contributed by atoms with Gasteiger partial charge in [-0.3, -0.25) is 54.0 Å². The number of para-hydroxylation sites is 1. The number of nitrogens with two attached hydrogens (primary N) is 3. The Morgan fingerprint density at radius 2 is 1.31 bits per heavy atom. The zero-order valence-electron chi connectivity index (χ0n) is 41.5. The molecule has 1 saturated heterocycles. The Morgan fingerprint density at radius 1 is 0.720 bits per heavy atom. The molecule has 27 heteroatoms. The molecule has 1 aliphatic rings. The maximum absolute atomic E-state index is 14.5. The van der Waals surface area contributed by atoms with Gasteiger partial charge in [0.2, 0.25) is 53.2 Å². The van der Waals surface area contributed by atoms with E-state index in [0.717, 1.165) is 6.92 Å². The zero-order chi connectivity index (χ0) is 55.0. The number of aliphatic carboxylic acids is 1. The number of aromatic amines is 1. The molecule has 75 heavy (non-hydrogen) atoms. The monoisotopic (exact) mass is 1040 g/mol. The van der Waals surface area contributed by atoms with E-state index in [9.17, 15) is 53.1 Å². The SMILES string of the molecule is CC(=O)N[C@@H](CCCNC(=N)N)C(=O)N[C@H]1CCC(=O)NCCCC(C(=O)O)NC(=O)[C@H](Cc2c[nH]c3ccccc23)NC(=O)[C@H](CCCNC(=N)N)NC(=O)[C@@H](Cc2ccccc2)NC(=O)[C@H](CC(N)=O)NC1=O. The number of amides is 9. The van der Waals surface area contributed by atoms with E-state index < -0.39 is 121 Å². The third kappa shape index (κ3) is 20.3. The molecule has 9 amide bonds. The number of carbonyl (C=O) groups is 10. The summed E-state index contributed by atoms with van der Waals surface area (Å²) in [5.74, 6) is -10.2. The molecule has 0 bridgehead atoms. The summed E-state index contributed by atoms with van der Waals surface area (Å²) in [5.41, 5.74) is 18.2. The third-order valence-electron chi connectivity index (χ3n) is 11.9. The van der Waals surface area contributed by atoms with Crippen molar-refractivity contribution in [2.75, 3.05) is 19.6 Å². The van der Waals surface area contributed by atoms with Gasteiger partial charge in [0, 0.05) is 62.9 Å². The predicted octanol–water partition coefficient (Wildman–Crippen LogP) is -3.46. The first kappa shape index (κ1) is 58.8. The van der Waals surface area contributed by atoms with Gasteiger partial charge in [0.15, 0.2) is 11.9 Å². The lowest BCUT2D eigenvalue weighted by atomic mass is 10.0. The van der Waals surface area contributed by atoms with Crippen molar-refractivity contribution < 1.29 is 53.1 Å². The lowest BCUT2D eigenvalue weighted by molar-refractivity contribution is -0.142. The van der Waals surface area contributed by atoms with Gasteiger partial charge in [-0.15, -0.1) is 0 Å². The van der Waals surface area contributed by atoms with E-state index in [1.165, 1.54) is 0 Å². The summed E-state index contributed by atoms with van der Waals surface area (Å²) in [4.78, 5) is 139. The second kappa shape index (κ2) is 29.7. The molecule has 1 aromatic heterocycles. The molecule has 2 heterocycles. The Hall–Kier alpha value is -8.78. The number of hydrogen-bond donors (Lipinski definition) is 17. The van der Waals surface area contributed by atoms with Gasteiger partial charge < -0.3 is 80.5 Å². The van der Waals surface area contributed by atoms with Crippen molar-refractivity contribution in [3.8, 4) is 0 Å². The molecule has 2 aromatic carbocycles. The topological polar surface area (TPSA) is 453 Å². The second-order valence-corrected chi connectivity index (χ2v) is 17.9. The van der Waals surface area contributed by atoms with Crippen LogP contribution in [0.25, 0.3) is 10.9 Å². The van der Waals surface area contributed by atoms with E-state index in [4.69, 9.17) is 28.0 Å². The molecular weight excluding hydrogens is 977 g/mol. The number of hydrogen-bond acceptors (Lipinski definition) is 12. The number of rotatable bonds is 18. The van der Waals surface area contributed by atoms with Gasteiger partial charge in [-0.2, -0.15) is 0 Å². The number of carboxylic acid groups (broad SMARTS) is 1. The molecule has 406 valence electrons. The fraction of sp³-hybridized carbons (Fsp3) is 0.458. The number of H-pyrrole nitrogens is 1. The molecule has 20 N–H and O–H groups in total. The third-order valence-corrected chi connectivity index (χ3v) is 11.9. The lowest BCUT2D eigenvalue weighted by Crippen LogP contribution is -2.60. The predicted molar refractivity (Wildman–Crippen MR) is 273 cm³/mol. The van der Waals surface area contributed by atoms with E-state index in [2.05, 4.69) is 58.2 Å². The summed E-state index contributed by atoms with van der Waals surface area (Å²) >= 11 is 0. The Labute approximate surface area is 431 Å². The van der Waals surface area contributed by atoms with Crippen LogP contribution in [0.15, 0.2) is 60.8 Å². The maximum atomic E-state index is 14.5. The van der Waals surface area contributed by atoms with Crippen LogP contribution in [-0.4, -0.2) is 143 Å². The van der Waals surface area contributed by atoms with Crippen molar-refractivity contribution in [1.29, 1.82) is 10.8 Å². The second-order valence-electron chi connectivity index (χ2n) is 17.9. The minimum atomic E-state index is -1.79. The van der Waals surface area contributed by atoms with Crippen molar-refractivity contribution in [2.24, 2.45) is 17.2 Å². The van der Waals surface area contributed by atoms with E-state index in [1.807, 2.05) is 0 Å². The number of nitrogens with one attached hydrogen (secondary N) is 13. The largest absolute Gasteiger partial charge is 0.480 e. The summed E-state index contributed by atoms with van der Waals surface area (Å²) in [6, 6.07) is 4.95. The van der Waals surface area contributed by atoms with Crippen LogP contribution in [0.2, 0.25) is 0 Å². The van der Waals surface area contributed by atoms with Gasteiger partial charge in [0.05, 0.1) is 6.42 Å². The first-order valence-corrected chi connectivity index (χ1v) is 24.3. The lowest BCUT2D eigenvalue weighted by Gasteiger charge is -2.28. The fourth-order valence-corrected chi connectivity index (χ4v) is 8.10. The van der Waals surface area contributed by atoms with Crippen molar-refractivity contribution in [3.05, 3.63) is 71.9 Å². The minimum Gasteiger partial charge on any atom is -0.480 e. The highest BCUT2D eigenvalue weighted by Gasteiger charge is 2.35. The van der Waals surface area contributed by atoms with E-state index in [0.29, 0.717) is 22.0 Å². The normalized spacial score (nSPS) is 21.0. The molecule has 0 aliphatic carbocycles. The number of primary amides is 1. The van der Waals surface area contributed by atoms with Crippen LogP contribution in [-0.2, 0) is 60.8 Å². The molecule has 7 atom stereocenters. The summed E-state index contributed by atoms with van der Waals surface area (Å²) < 4.78 is 0. The summed E-state index contributed by atoms with van der Waals surface area (Å²) in [6.45, 7) is 1.27. The van der Waals surface area contributed by atoms with Crippen LogP contribution < -0.4 is 70.4 Å². The average Bonchev–Trinajstić information content (AvgIpc) is 3.76. The van der Waals surface area contributed by atoms with Gasteiger partial charge in [0.25, 0.3) is 0 Å². The molecule has 1 aliphatic heterocycles. The quantitative estimate of drug-likeness (QED) is 0.0335. The molecule has 0 spiro atoms. The van der Waals surface area contributed by atoms with Gasteiger partial charge in [-0.25, -0.2) is 4.79 Å². The molecule has 0 saturated carbocycles. The van der Waals surface area contributed by atoms with Gasteiger partial charge in [0.1, 0.15) is 42.3 Å². The molecule has 27 nitrogen and oxygen atoms in total. The standard InChI is InChI=1S/C48H68N16O11/c1-26(65)58-31(14-7-20-55-47(50)51)40(68)60-33-17-18-39(67)54-19-9-16-34(46(74)75)61-44(72)36(23-28-25-57-30-13-6-5-12-29(28)30)63-41(69)32(15-8-21-56-48(52)53)59-43(71)35(22-27-10-3-2-4-11-27)62-45(73)37(24-38(49)66)64-42(33)70/h2-6,10-13,25,31-37,57H,7-9,14-24H2,1H3,(H2,49,66)(H,54,67)(H,58,65)(H,59,71)(H,60,68)(H,61,72)(H,62,73)(H,63,69)(H,64,70)(H,74,75)(H4,50,51,55)(H4,52,53,56)/t31-,32-,33-,34?,35+,36-,37-/m0/s1. The fourth-order valence-electron chi connectivity index (χ4n) is 8.10. The maximum Gasteiger partial charge on any atom is 0.326 e. The Bertz CT molecular complexity index is 2540. The average molecular weight is 1050 g/mol. The van der Waals surface area contributed by atoms with E-state index in [-0.39, 0.29) is 82.9 Å². The van der Waals surface area contributed by atoms with Crippen LogP contribution in [0.5, 0.6) is 0 Å². The van der Waals surface area contributed by atoms with Crippen LogP contribution >= 0.6 is 0 Å². The minimum absolute atomic E-state index is 0.00154. The number of aromatic nitrogens is 1. The number of carbonyl (C=O) groups excluding carboxylic acids is 9. The molecule has 0 radical (unpaired) electrons. The number of carboxylic acids is 1. The smallest absolute Gasteiger partial charge is 0.326 e. The highest BCUT2D eigenvalue weighted by Crippen LogP contribution is 2.20. The van der Waals surface area contributed by atoms with Crippen LogP contribution in [0.3, 0.4) is 0 Å². The number of guanidine groups is 2. The number of fused-ring (bicyclic) bond motifs is 1. The summed E-state index contributed by atoms with van der Waals surface area (Å²) in [7, 11) is 0. The Balaban J connectivity index is 1.77. The van der Waals surface area contributed by atoms with E-state index >= 15 is 0 Å². The number of benzene rings is 2. The van der Waals surface area contributed by atoms with Crippen LogP contribution in [0, 0.1) is 10.8 Å². The van der Waals surface area contributed by atoms with Gasteiger partial charge in [-0.1, -0.05) is 48.5 Å². The van der Waals surface area contributed by atoms with E-state index in [1.54, 1.807) is 60.8 Å². The first-order valence-electron chi connectivity index (χ1n) is 24.3. The van der Waals surface area contributed by atoms with Crippen LogP contribution in [0.1, 0.15) is 75.8 Å². The van der Waals surface area contributed by atoms with Crippen molar-refractivity contribution in [1.82, 2.24) is 58.2 Å². The zero-order valence-corrected chi connectivity index (χ0v) is 41.5. The molecule has 1 unspecified atom stereocenters. The Kier molecular flexibility index (Phi) is 23.3. The molecule has 1 fully saturated rings. The molecular formula is C48H68N16O11. The highest BCUT2D eigenvalue weighted by molar-refractivity contribution is 5.99. The summed E-state index contributed by atoms with van der Waals surface area (Å²) in [6.07, 6.45) is -0.358. The van der Waals surface area contributed by atoms with Crippen molar-refractivity contribution in [3.63, 3.8) is 0 Å². The summed E-state index contributed by atoms with van der Waals surface area (Å²) in [5, 5.41) is 51.5. The van der Waals surface area contributed by atoms with Gasteiger partial charge in [-0.05, 0) is 62.1 Å². The Morgan fingerprint density at radius 3 is 1.96 bits per heavy atom. The van der Waals surface area contributed by atoms with Crippen molar-refractivity contribution in [2.45, 2.75) is 120 Å². The van der Waals surface area contributed by atoms with Gasteiger partial charge >= 0.3 is 5.97 Å². The van der Waals surface area contributed by atoms with Crippen molar-refractivity contribution >= 4 is 82.0 Å². The first-order chi connectivity index (χ1) is 35.7. The molecule has 3 aromatic rings.